The van der Waals surface area contributed by atoms with Crippen molar-refractivity contribution in [1.29, 1.82) is 0 Å². The zero-order chi connectivity index (χ0) is 11.7. The van der Waals surface area contributed by atoms with E-state index in [0.29, 0.717) is 5.92 Å². The highest BCUT2D eigenvalue weighted by molar-refractivity contribution is 5.86. The van der Waals surface area contributed by atoms with E-state index >= 15 is 0 Å². The van der Waals surface area contributed by atoms with E-state index in [1.165, 1.54) is 5.56 Å². The monoisotopic (exact) mass is 218 g/mol. The molecule has 1 aromatic carbocycles. The second kappa shape index (κ2) is 4.28. The number of para-hydroxylation sites is 1. The molecule has 0 unspecified atom stereocenters. The SMILES string of the molecule is CC[C@H](C)c1cccc2c1OC(=O)[C@@H]2CC. The van der Waals surface area contributed by atoms with Crippen molar-refractivity contribution in [3.63, 3.8) is 0 Å². The summed E-state index contributed by atoms with van der Waals surface area (Å²) in [6.45, 7) is 6.35. The minimum atomic E-state index is -0.0896. The van der Waals surface area contributed by atoms with Crippen LogP contribution in [0.25, 0.3) is 0 Å². The van der Waals surface area contributed by atoms with Crippen molar-refractivity contribution in [2.45, 2.75) is 45.4 Å². The molecular weight excluding hydrogens is 200 g/mol. The average molecular weight is 218 g/mol. The quantitative estimate of drug-likeness (QED) is 0.572. The van der Waals surface area contributed by atoms with Crippen LogP contribution in [0.3, 0.4) is 0 Å². The summed E-state index contributed by atoms with van der Waals surface area (Å²) in [7, 11) is 0. The molecule has 0 radical (unpaired) electrons. The van der Waals surface area contributed by atoms with Crippen LogP contribution in [-0.4, -0.2) is 5.97 Å². The highest BCUT2D eigenvalue weighted by Gasteiger charge is 2.33. The fraction of sp³-hybridized carbons (Fsp3) is 0.500. The number of hydrogen-bond donors (Lipinski definition) is 0. The Labute approximate surface area is 96.6 Å². The summed E-state index contributed by atoms with van der Waals surface area (Å²) in [5.41, 5.74) is 2.24. The van der Waals surface area contributed by atoms with Crippen LogP contribution < -0.4 is 4.74 Å². The predicted molar refractivity (Wildman–Crippen MR) is 63.8 cm³/mol. The molecule has 1 aliphatic rings. The minimum absolute atomic E-state index is 0.0565. The maximum Gasteiger partial charge on any atom is 0.318 e. The molecule has 0 aliphatic carbocycles. The van der Waals surface area contributed by atoms with E-state index in [9.17, 15) is 4.79 Å². The zero-order valence-corrected chi connectivity index (χ0v) is 10.1. The predicted octanol–water partition coefficient (Wildman–Crippen LogP) is 3.61. The lowest BCUT2D eigenvalue weighted by molar-refractivity contribution is -0.134. The molecule has 2 nitrogen and oxygen atoms in total. The van der Waals surface area contributed by atoms with Gasteiger partial charge in [-0.05, 0) is 24.3 Å². The van der Waals surface area contributed by atoms with Crippen LogP contribution in [0.5, 0.6) is 5.75 Å². The van der Waals surface area contributed by atoms with E-state index in [-0.39, 0.29) is 11.9 Å². The maximum atomic E-state index is 11.7. The summed E-state index contributed by atoms with van der Waals surface area (Å²) in [4.78, 5) is 11.7. The third-order valence-corrected chi connectivity index (χ3v) is 3.49. The first-order chi connectivity index (χ1) is 7.69. The third kappa shape index (κ3) is 1.62. The molecule has 0 aromatic heterocycles. The molecule has 0 saturated heterocycles. The van der Waals surface area contributed by atoms with Gasteiger partial charge in [0.2, 0.25) is 0 Å². The summed E-state index contributed by atoms with van der Waals surface area (Å²) < 4.78 is 5.43. The maximum absolute atomic E-state index is 11.7. The number of carbonyl (C=O) groups is 1. The first-order valence-corrected chi connectivity index (χ1v) is 6.03. The first kappa shape index (κ1) is 11.2. The highest BCUT2D eigenvalue weighted by atomic mass is 16.5. The Hall–Kier alpha value is -1.31. The Morgan fingerprint density at radius 2 is 2.12 bits per heavy atom. The van der Waals surface area contributed by atoms with Crippen molar-refractivity contribution in [3.05, 3.63) is 29.3 Å². The normalized spacial score (nSPS) is 20.4. The second-order valence-electron chi connectivity index (χ2n) is 4.46. The Kier molecular flexibility index (Phi) is 2.99. The van der Waals surface area contributed by atoms with E-state index in [0.717, 1.165) is 24.2 Å². The second-order valence-corrected chi connectivity index (χ2v) is 4.46. The lowest BCUT2D eigenvalue weighted by Crippen LogP contribution is -2.08. The molecule has 1 aliphatic heterocycles. The molecule has 2 rings (SSSR count). The number of benzene rings is 1. The largest absolute Gasteiger partial charge is 0.425 e. The highest BCUT2D eigenvalue weighted by Crippen LogP contribution is 2.42. The van der Waals surface area contributed by atoms with Gasteiger partial charge in [0.05, 0.1) is 5.92 Å². The van der Waals surface area contributed by atoms with Crippen LogP contribution in [-0.2, 0) is 4.79 Å². The van der Waals surface area contributed by atoms with Crippen molar-refractivity contribution >= 4 is 5.97 Å². The molecule has 0 amide bonds. The van der Waals surface area contributed by atoms with Crippen LogP contribution in [0.4, 0.5) is 0 Å². The summed E-state index contributed by atoms with van der Waals surface area (Å²) in [6.07, 6.45) is 1.88. The van der Waals surface area contributed by atoms with E-state index in [4.69, 9.17) is 4.74 Å². The number of carbonyl (C=O) groups excluding carboxylic acids is 1. The molecule has 0 N–H and O–H groups in total. The Morgan fingerprint density at radius 1 is 1.38 bits per heavy atom. The molecule has 0 bridgehead atoms. The summed E-state index contributed by atoms with van der Waals surface area (Å²) in [6, 6.07) is 6.11. The van der Waals surface area contributed by atoms with Gasteiger partial charge in [0.15, 0.2) is 0 Å². The molecule has 1 aromatic rings. The summed E-state index contributed by atoms with van der Waals surface area (Å²) >= 11 is 0. The van der Waals surface area contributed by atoms with E-state index in [2.05, 4.69) is 19.9 Å². The van der Waals surface area contributed by atoms with Crippen LogP contribution >= 0.6 is 0 Å². The minimum Gasteiger partial charge on any atom is -0.425 e. The third-order valence-electron chi connectivity index (χ3n) is 3.49. The van der Waals surface area contributed by atoms with Gasteiger partial charge in [-0.15, -0.1) is 0 Å². The van der Waals surface area contributed by atoms with Gasteiger partial charge in [-0.1, -0.05) is 39.0 Å². The van der Waals surface area contributed by atoms with Gasteiger partial charge in [-0.2, -0.15) is 0 Å². The van der Waals surface area contributed by atoms with Crippen LogP contribution in [0.15, 0.2) is 18.2 Å². The van der Waals surface area contributed by atoms with Gasteiger partial charge in [0.1, 0.15) is 5.75 Å². The number of rotatable bonds is 3. The molecule has 2 atom stereocenters. The topological polar surface area (TPSA) is 26.3 Å². The van der Waals surface area contributed by atoms with Crippen molar-refractivity contribution in [1.82, 2.24) is 0 Å². The van der Waals surface area contributed by atoms with Gasteiger partial charge in [0.25, 0.3) is 0 Å². The Bertz CT molecular complexity index is 409. The Morgan fingerprint density at radius 3 is 2.75 bits per heavy atom. The molecule has 0 fully saturated rings. The van der Waals surface area contributed by atoms with Gasteiger partial charge in [-0.25, -0.2) is 0 Å². The van der Waals surface area contributed by atoms with Gasteiger partial charge in [-0.3, -0.25) is 4.79 Å². The van der Waals surface area contributed by atoms with E-state index in [1.807, 2.05) is 19.1 Å². The van der Waals surface area contributed by atoms with Crippen LogP contribution in [0.1, 0.15) is 56.6 Å². The molecule has 2 heteroatoms. The fourth-order valence-corrected chi connectivity index (χ4v) is 2.26. The van der Waals surface area contributed by atoms with Crippen molar-refractivity contribution in [2.75, 3.05) is 0 Å². The molecule has 1 heterocycles. The van der Waals surface area contributed by atoms with Gasteiger partial charge in [0, 0.05) is 5.56 Å². The molecular formula is C14H18O2. The fourth-order valence-electron chi connectivity index (χ4n) is 2.26. The summed E-state index contributed by atoms with van der Waals surface area (Å²) in [5, 5.41) is 0. The average Bonchev–Trinajstić information content (AvgIpc) is 2.63. The van der Waals surface area contributed by atoms with E-state index in [1.54, 1.807) is 0 Å². The molecule has 16 heavy (non-hydrogen) atoms. The lowest BCUT2D eigenvalue weighted by atomic mass is 9.91. The smallest absolute Gasteiger partial charge is 0.318 e. The molecule has 0 spiro atoms. The lowest BCUT2D eigenvalue weighted by Gasteiger charge is -2.12. The van der Waals surface area contributed by atoms with Crippen molar-refractivity contribution < 1.29 is 9.53 Å². The van der Waals surface area contributed by atoms with Crippen molar-refractivity contribution in [2.24, 2.45) is 0 Å². The Balaban J connectivity index is 2.47. The molecule has 0 saturated carbocycles. The number of esters is 1. The standard InChI is InChI=1S/C14H18O2/c1-4-9(3)11-7-6-8-12-10(5-2)14(15)16-13(11)12/h6-10H,4-5H2,1-3H3/t9-,10+/m0/s1. The number of fused-ring (bicyclic) bond motifs is 1. The number of ether oxygens (including phenoxy) is 1. The first-order valence-electron chi connectivity index (χ1n) is 6.03. The zero-order valence-electron chi connectivity index (χ0n) is 10.1. The van der Waals surface area contributed by atoms with Crippen LogP contribution in [0, 0.1) is 0 Å². The summed E-state index contributed by atoms with van der Waals surface area (Å²) in [5.74, 6) is 1.12. The number of hydrogen-bond acceptors (Lipinski definition) is 2. The van der Waals surface area contributed by atoms with Crippen molar-refractivity contribution in [3.8, 4) is 5.75 Å². The van der Waals surface area contributed by atoms with Crippen LogP contribution in [0.2, 0.25) is 0 Å². The van der Waals surface area contributed by atoms with Gasteiger partial charge < -0.3 is 4.74 Å². The van der Waals surface area contributed by atoms with Gasteiger partial charge >= 0.3 is 5.97 Å². The van der Waals surface area contributed by atoms with E-state index < -0.39 is 0 Å². The molecule has 86 valence electrons.